The van der Waals surface area contributed by atoms with Gasteiger partial charge in [-0.1, -0.05) is 18.2 Å². The number of oxazole rings is 1. The van der Waals surface area contributed by atoms with Crippen LogP contribution in [-0.4, -0.2) is 12.0 Å². The van der Waals surface area contributed by atoms with Gasteiger partial charge in [0, 0.05) is 19.7 Å². The Morgan fingerprint density at radius 2 is 1.95 bits per heavy atom. The van der Waals surface area contributed by atoms with Crippen molar-refractivity contribution in [2.45, 2.75) is 13.3 Å². The zero-order chi connectivity index (χ0) is 13.2. The first-order chi connectivity index (χ1) is 9.24. The molecule has 0 aliphatic rings. The first kappa shape index (κ1) is 11.8. The summed E-state index contributed by atoms with van der Waals surface area (Å²) in [5.74, 6) is 0.712. The molecular weight excluding hydrogens is 236 g/mol. The zero-order valence-corrected chi connectivity index (χ0v) is 11.1. The van der Waals surface area contributed by atoms with Gasteiger partial charge < -0.3 is 9.73 Å². The van der Waals surface area contributed by atoms with E-state index in [9.17, 15) is 0 Å². The molecule has 0 aliphatic carbocycles. The summed E-state index contributed by atoms with van der Waals surface area (Å²) in [7, 11) is 1.93. The Balaban J connectivity index is 1.91. The van der Waals surface area contributed by atoms with E-state index < -0.39 is 0 Å². The maximum Gasteiger partial charge on any atom is 0.192 e. The van der Waals surface area contributed by atoms with Crippen molar-refractivity contribution in [3.63, 3.8) is 0 Å². The summed E-state index contributed by atoms with van der Waals surface area (Å²) in [6, 6.07) is 14.6. The molecule has 0 saturated heterocycles. The van der Waals surface area contributed by atoms with Crippen LogP contribution in [0.5, 0.6) is 0 Å². The number of rotatable bonds is 3. The van der Waals surface area contributed by atoms with E-state index in [1.165, 1.54) is 11.1 Å². The van der Waals surface area contributed by atoms with Crippen LogP contribution in [0.1, 0.15) is 17.0 Å². The van der Waals surface area contributed by atoms with Gasteiger partial charge in [0.1, 0.15) is 5.52 Å². The molecule has 1 heterocycles. The summed E-state index contributed by atoms with van der Waals surface area (Å²) in [5.41, 5.74) is 5.45. The van der Waals surface area contributed by atoms with E-state index in [0.29, 0.717) is 5.89 Å². The molecule has 0 spiro atoms. The molecule has 19 heavy (non-hydrogen) atoms. The monoisotopic (exact) mass is 252 g/mol. The molecule has 1 aromatic heterocycles. The molecular formula is C16H16N2O. The van der Waals surface area contributed by atoms with E-state index in [2.05, 4.69) is 46.7 Å². The molecule has 96 valence electrons. The van der Waals surface area contributed by atoms with E-state index in [0.717, 1.165) is 23.2 Å². The normalized spacial score (nSPS) is 10.8. The van der Waals surface area contributed by atoms with Gasteiger partial charge in [-0.25, -0.2) is 4.98 Å². The van der Waals surface area contributed by atoms with Crippen molar-refractivity contribution < 1.29 is 4.42 Å². The molecule has 0 saturated carbocycles. The number of fused-ring (bicyclic) bond motifs is 1. The molecule has 3 rings (SSSR count). The molecule has 1 N–H and O–H groups in total. The van der Waals surface area contributed by atoms with Gasteiger partial charge in [-0.2, -0.15) is 0 Å². The highest BCUT2D eigenvalue weighted by Gasteiger charge is 2.04. The van der Waals surface area contributed by atoms with Gasteiger partial charge in [-0.15, -0.1) is 0 Å². The van der Waals surface area contributed by atoms with E-state index in [4.69, 9.17) is 4.42 Å². The van der Waals surface area contributed by atoms with Crippen molar-refractivity contribution in [3.05, 3.63) is 59.5 Å². The number of hydrogen-bond donors (Lipinski definition) is 1. The molecule has 0 amide bonds. The van der Waals surface area contributed by atoms with Gasteiger partial charge in [0.05, 0.1) is 0 Å². The van der Waals surface area contributed by atoms with Gasteiger partial charge >= 0.3 is 0 Å². The predicted octanol–water partition coefficient (Wildman–Crippen LogP) is 3.77. The fourth-order valence-electron chi connectivity index (χ4n) is 2.27. The number of nitrogens with zero attached hydrogens (tertiary/aromatic N) is 1. The lowest BCUT2D eigenvalue weighted by Gasteiger charge is -2.05. The maximum atomic E-state index is 5.49. The third-order valence-electron chi connectivity index (χ3n) is 3.18. The Hall–Kier alpha value is -2.29. The van der Waals surface area contributed by atoms with E-state index in [-0.39, 0.29) is 0 Å². The number of aryl methyl sites for hydroxylation is 1. The largest absolute Gasteiger partial charge is 0.441 e. The molecule has 0 radical (unpaired) electrons. The minimum absolute atomic E-state index is 0.712. The third kappa shape index (κ3) is 2.45. The lowest BCUT2D eigenvalue weighted by Crippen LogP contribution is -1.92. The van der Waals surface area contributed by atoms with Crippen molar-refractivity contribution in [3.8, 4) is 0 Å². The number of nitrogens with one attached hydrogen (secondary N) is 1. The van der Waals surface area contributed by atoms with Crippen molar-refractivity contribution >= 4 is 16.8 Å². The number of benzene rings is 2. The van der Waals surface area contributed by atoms with Crippen LogP contribution in [0.15, 0.2) is 46.9 Å². The van der Waals surface area contributed by atoms with Crippen LogP contribution < -0.4 is 5.32 Å². The first-order valence-electron chi connectivity index (χ1n) is 6.37. The van der Waals surface area contributed by atoms with Crippen LogP contribution in [0.2, 0.25) is 0 Å². The second-order valence-corrected chi connectivity index (χ2v) is 4.66. The van der Waals surface area contributed by atoms with Gasteiger partial charge in [0.25, 0.3) is 0 Å². The molecule has 3 aromatic rings. The minimum atomic E-state index is 0.712. The van der Waals surface area contributed by atoms with Crippen LogP contribution >= 0.6 is 0 Å². The Labute approximate surface area is 112 Å². The number of aromatic nitrogens is 1. The topological polar surface area (TPSA) is 38.1 Å². The molecule has 0 fully saturated rings. The molecule has 0 atom stereocenters. The zero-order valence-electron chi connectivity index (χ0n) is 11.1. The van der Waals surface area contributed by atoms with Gasteiger partial charge in [-0.3, -0.25) is 0 Å². The highest BCUT2D eigenvalue weighted by Crippen LogP contribution is 2.20. The number of hydrogen-bond acceptors (Lipinski definition) is 3. The Kier molecular flexibility index (Phi) is 2.95. The third-order valence-corrected chi connectivity index (χ3v) is 3.18. The van der Waals surface area contributed by atoms with Crippen LogP contribution in [0, 0.1) is 6.92 Å². The van der Waals surface area contributed by atoms with Gasteiger partial charge in [0.2, 0.25) is 0 Å². The minimum Gasteiger partial charge on any atom is -0.441 e. The highest BCUT2D eigenvalue weighted by atomic mass is 16.3. The predicted molar refractivity (Wildman–Crippen MR) is 77.5 cm³/mol. The molecule has 2 aromatic carbocycles. The fraction of sp³-hybridized carbons (Fsp3) is 0.188. The molecule has 3 nitrogen and oxygen atoms in total. The van der Waals surface area contributed by atoms with E-state index in [1.807, 2.05) is 20.0 Å². The summed E-state index contributed by atoms with van der Waals surface area (Å²) < 4.78 is 5.49. The second kappa shape index (κ2) is 4.76. The lowest BCUT2D eigenvalue weighted by atomic mass is 10.0. The molecule has 0 aliphatic heterocycles. The fourth-order valence-corrected chi connectivity index (χ4v) is 2.27. The smallest absolute Gasteiger partial charge is 0.192 e. The molecule has 0 bridgehead atoms. The van der Waals surface area contributed by atoms with Crippen molar-refractivity contribution in [1.29, 1.82) is 0 Å². The Morgan fingerprint density at radius 1 is 1.11 bits per heavy atom. The van der Waals surface area contributed by atoms with Crippen LogP contribution in [0.25, 0.3) is 11.1 Å². The van der Waals surface area contributed by atoms with E-state index in [1.54, 1.807) is 0 Å². The van der Waals surface area contributed by atoms with Crippen molar-refractivity contribution in [2.24, 2.45) is 0 Å². The SMILES string of the molecule is CNc1cccc(Cc2ccc3oc(C)nc3c2)c1. The summed E-state index contributed by atoms with van der Waals surface area (Å²) in [6.45, 7) is 1.87. The second-order valence-electron chi connectivity index (χ2n) is 4.66. The van der Waals surface area contributed by atoms with Gasteiger partial charge in [0.15, 0.2) is 11.5 Å². The van der Waals surface area contributed by atoms with Crippen LogP contribution in [-0.2, 0) is 6.42 Å². The Morgan fingerprint density at radius 3 is 2.79 bits per heavy atom. The average molecular weight is 252 g/mol. The first-order valence-corrected chi connectivity index (χ1v) is 6.37. The van der Waals surface area contributed by atoms with Crippen molar-refractivity contribution in [1.82, 2.24) is 4.98 Å². The maximum absolute atomic E-state index is 5.49. The lowest BCUT2D eigenvalue weighted by molar-refractivity contribution is 0.561. The molecule has 0 unspecified atom stereocenters. The Bertz CT molecular complexity index is 716. The number of anilines is 1. The summed E-state index contributed by atoms with van der Waals surface area (Å²) >= 11 is 0. The highest BCUT2D eigenvalue weighted by molar-refractivity contribution is 5.73. The average Bonchev–Trinajstić information content (AvgIpc) is 2.78. The summed E-state index contributed by atoms with van der Waals surface area (Å²) in [5, 5.41) is 3.16. The van der Waals surface area contributed by atoms with E-state index >= 15 is 0 Å². The molecule has 3 heteroatoms. The quantitative estimate of drug-likeness (QED) is 0.771. The van der Waals surface area contributed by atoms with Crippen LogP contribution in [0.3, 0.4) is 0 Å². The van der Waals surface area contributed by atoms with Gasteiger partial charge in [-0.05, 0) is 41.8 Å². The summed E-state index contributed by atoms with van der Waals surface area (Å²) in [6.07, 6.45) is 0.900. The standard InChI is InChI=1S/C16H16N2O/c1-11-18-15-10-13(6-7-16(15)19-11)8-12-4-3-5-14(9-12)17-2/h3-7,9-10,17H,8H2,1-2H3. The van der Waals surface area contributed by atoms with Crippen LogP contribution in [0.4, 0.5) is 5.69 Å². The summed E-state index contributed by atoms with van der Waals surface area (Å²) in [4.78, 5) is 4.37. The van der Waals surface area contributed by atoms with Crippen molar-refractivity contribution in [2.75, 3.05) is 12.4 Å².